The minimum atomic E-state index is -0.428. The molecule has 18 heavy (non-hydrogen) atoms. The van der Waals surface area contributed by atoms with Crippen molar-refractivity contribution < 1.29 is 14.3 Å². The van der Waals surface area contributed by atoms with Crippen LogP contribution in [0.2, 0.25) is 0 Å². The average molecular weight is 279 g/mol. The Kier molecular flexibility index (Phi) is 6.35. The van der Waals surface area contributed by atoms with Crippen LogP contribution in [-0.2, 0) is 14.3 Å². The summed E-state index contributed by atoms with van der Waals surface area (Å²) in [5, 5.41) is 0. The minimum absolute atomic E-state index is 0. The highest BCUT2D eigenvalue weighted by molar-refractivity contribution is 5.85. The van der Waals surface area contributed by atoms with Crippen molar-refractivity contribution in [3.8, 4) is 0 Å². The standard InChI is InChI=1S/C12H22N2O3.ClH/c1-9(13)10-4-2-3-5-14(10)12(15)11-8-16-6-7-17-11;/h9-11H,2-8,13H2,1H3;1H. The van der Waals surface area contributed by atoms with Gasteiger partial charge in [0.25, 0.3) is 5.91 Å². The second-order valence-corrected chi connectivity index (χ2v) is 4.89. The number of hydrogen-bond donors (Lipinski definition) is 1. The molecule has 0 aromatic heterocycles. The largest absolute Gasteiger partial charge is 0.376 e. The molecule has 2 fully saturated rings. The smallest absolute Gasteiger partial charge is 0.254 e. The highest BCUT2D eigenvalue weighted by Gasteiger charge is 2.34. The summed E-state index contributed by atoms with van der Waals surface area (Å²) in [6.07, 6.45) is 2.78. The van der Waals surface area contributed by atoms with E-state index >= 15 is 0 Å². The van der Waals surface area contributed by atoms with Gasteiger partial charge in [0.15, 0.2) is 6.10 Å². The first-order valence-corrected chi connectivity index (χ1v) is 6.45. The fourth-order valence-electron chi connectivity index (χ4n) is 2.59. The number of hydrogen-bond acceptors (Lipinski definition) is 4. The molecular weight excluding hydrogens is 256 g/mol. The van der Waals surface area contributed by atoms with Gasteiger partial charge in [-0.25, -0.2) is 0 Å². The number of nitrogens with two attached hydrogens (primary N) is 1. The topological polar surface area (TPSA) is 64.8 Å². The van der Waals surface area contributed by atoms with E-state index < -0.39 is 6.10 Å². The molecular formula is C12H23ClN2O3. The predicted molar refractivity (Wildman–Crippen MR) is 70.8 cm³/mol. The fraction of sp³-hybridized carbons (Fsp3) is 0.917. The summed E-state index contributed by atoms with van der Waals surface area (Å²) >= 11 is 0. The van der Waals surface area contributed by atoms with Crippen molar-refractivity contribution in [2.24, 2.45) is 5.73 Å². The molecule has 6 heteroatoms. The molecule has 0 aliphatic carbocycles. The summed E-state index contributed by atoms with van der Waals surface area (Å²) in [7, 11) is 0. The van der Waals surface area contributed by atoms with E-state index in [1.807, 2.05) is 11.8 Å². The molecule has 0 aromatic carbocycles. The van der Waals surface area contributed by atoms with Crippen LogP contribution in [0.4, 0.5) is 0 Å². The zero-order valence-electron chi connectivity index (χ0n) is 10.8. The first-order chi connectivity index (χ1) is 8.20. The van der Waals surface area contributed by atoms with Crippen LogP contribution < -0.4 is 5.73 Å². The van der Waals surface area contributed by atoms with Crippen LogP contribution in [0.1, 0.15) is 26.2 Å². The number of carbonyl (C=O) groups excluding carboxylic acids is 1. The Morgan fingerprint density at radius 1 is 1.39 bits per heavy atom. The summed E-state index contributed by atoms with van der Waals surface area (Å²) in [5.41, 5.74) is 5.96. The minimum Gasteiger partial charge on any atom is -0.376 e. The van der Waals surface area contributed by atoms with Crippen molar-refractivity contribution in [3.63, 3.8) is 0 Å². The Morgan fingerprint density at radius 3 is 2.78 bits per heavy atom. The van der Waals surface area contributed by atoms with E-state index in [0.717, 1.165) is 25.8 Å². The number of amides is 1. The predicted octanol–water partition coefficient (Wildman–Crippen LogP) is 0.552. The fourth-order valence-corrected chi connectivity index (χ4v) is 2.59. The van der Waals surface area contributed by atoms with E-state index in [1.54, 1.807) is 0 Å². The van der Waals surface area contributed by atoms with E-state index in [1.165, 1.54) is 0 Å². The van der Waals surface area contributed by atoms with Gasteiger partial charge in [-0.1, -0.05) is 0 Å². The van der Waals surface area contributed by atoms with Crippen molar-refractivity contribution >= 4 is 18.3 Å². The van der Waals surface area contributed by atoms with Gasteiger partial charge in [0.1, 0.15) is 0 Å². The van der Waals surface area contributed by atoms with E-state index in [9.17, 15) is 4.79 Å². The van der Waals surface area contributed by atoms with Crippen LogP contribution in [0.15, 0.2) is 0 Å². The highest BCUT2D eigenvalue weighted by atomic mass is 35.5. The van der Waals surface area contributed by atoms with Crippen molar-refractivity contribution in [3.05, 3.63) is 0 Å². The SMILES string of the molecule is CC(N)C1CCCCN1C(=O)C1COCCO1.Cl. The first-order valence-electron chi connectivity index (χ1n) is 6.45. The molecule has 0 bridgehead atoms. The average Bonchev–Trinajstić information content (AvgIpc) is 2.39. The molecule has 2 rings (SSSR count). The summed E-state index contributed by atoms with van der Waals surface area (Å²) in [6, 6.07) is 0.172. The van der Waals surface area contributed by atoms with Gasteiger partial charge in [-0.05, 0) is 26.2 Å². The molecule has 2 heterocycles. The van der Waals surface area contributed by atoms with E-state index in [2.05, 4.69) is 0 Å². The Balaban J connectivity index is 0.00000162. The van der Waals surface area contributed by atoms with E-state index in [0.29, 0.717) is 19.8 Å². The van der Waals surface area contributed by atoms with Gasteiger partial charge < -0.3 is 20.1 Å². The van der Waals surface area contributed by atoms with Crippen LogP contribution in [-0.4, -0.2) is 55.4 Å². The van der Waals surface area contributed by atoms with Crippen LogP contribution in [0.25, 0.3) is 0 Å². The molecule has 106 valence electrons. The van der Waals surface area contributed by atoms with Crippen molar-refractivity contribution in [1.29, 1.82) is 0 Å². The molecule has 2 aliphatic rings. The van der Waals surface area contributed by atoms with Gasteiger partial charge >= 0.3 is 0 Å². The second-order valence-electron chi connectivity index (χ2n) is 4.89. The molecule has 3 unspecified atom stereocenters. The molecule has 0 spiro atoms. The Labute approximate surface area is 114 Å². The number of likely N-dealkylation sites (tertiary alicyclic amines) is 1. The molecule has 0 saturated carbocycles. The zero-order valence-corrected chi connectivity index (χ0v) is 11.7. The van der Waals surface area contributed by atoms with Crippen molar-refractivity contribution in [2.45, 2.75) is 44.4 Å². The molecule has 0 radical (unpaired) electrons. The number of carbonyl (C=O) groups is 1. The summed E-state index contributed by atoms with van der Waals surface area (Å²) in [6.45, 7) is 4.23. The van der Waals surface area contributed by atoms with Crippen molar-refractivity contribution in [2.75, 3.05) is 26.4 Å². The zero-order chi connectivity index (χ0) is 12.3. The van der Waals surface area contributed by atoms with Gasteiger partial charge in [-0.15, -0.1) is 12.4 Å². The lowest BCUT2D eigenvalue weighted by Gasteiger charge is -2.40. The first kappa shape index (κ1) is 15.7. The lowest BCUT2D eigenvalue weighted by Crippen LogP contribution is -2.56. The van der Waals surface area contributed by atoms with Crippen LogP contribution in [0, 0.1) is 0 Å². The second kappa shape index (κ2) is 7.28. The number of rotatable bonds is 2. The van der Waals surface area contributed by atoms with Crippen LogP contribution in [0.5, 0.6) is 0 Å². The maximum absolute atomic E-state index is 12.3. The molecule has 5 nitrogen and oxygen atoms in total. The van der Waals surface area contributed by atoms with Gasteiger partial charge in [0, 0.05) is 18.6 Å². The third-order valence-corrected chi connectivity index (χ3v) is 3.53. The van der Waals surface area contributed by atoms with Crippen molar-refractivity contribution in [1.82, 2.24) is 4.90 Å². The monoisotopic (exact) mass is 278 g/mol. The maximum atomic E-state index is 12.3. The van der Waals surface area contributed by atoms with Gasteiger partial charge in [0.2, 0.25) is 0 Å². The molecule has 2 N–H and O–H groups in total. The molecule has 1 amide bonds. The van der Waals surface area contributed by atoms with Gasteiger partial charge in [-0.2, -0.15) is 0 Å². The molecule has 3 atom stereocenters. The van der Waals surface area contributed by atoms with E-state index in [-0.39, 0.29) is 30.4 Å². The number of piperidine rings is 1. The van der Waals surface area contributed by atoms with E-state index in [4.69, 9.17) is 15.2 Å². The maximum Gasteiger partial charge on any atom is 0.254 e. The number of nitrogens with zero attached hydrogens (tertiary/aromatic N) is 1. The Hall–Kier alpha value is -0.360. The van der Waals surface area contributed by atoms with Gasteiger partial charge in [-0.3, -0.25) is 4.79 Å². The molecule has 0 aromatic rings. The number of ether oxygens (including phenoxy) is 2. The Bertz CT molecular complexity index is 270. The third-order valence-electron chi connectivity index (χ3n) is 3.53. The summed E-state index contributed by atoms with van der Waals surface area (Å²) < 4.78 is 10.8. The highest BCUT2D eigenvalue weighted by Crippen LogP contribution is 2.21. The van der Waals surface area contributed by atoms with Crippen LogP contribution >= 0.6 is 12.4 Å². The Morgan fingerprint density at radius 2 is 2.17 bits per heavy atom. The third kappa shape index (κ3) is 3.57. The normalized spacial score (nSPS) is 30.4. The lowest BCUT2D eigenvalue weighted by atomic mass is 9.96. The molecule has 2 aliphatic heterocycles. The summed E-state index contributed by atoms with van der Waals surface area (Å²) in [4.78, 5) is 14.2. The lowest BCUT2D eigenvalue weighted by molar-refractivity contribution is -0.161. The van der Waals surface area contributed by atoms with Gasteiger partial charge in [0.05, 0.1) is 19.8 Å². The molecule has 2 saturated heterocycles. The quantitative estimate of drug-likeness (QED) is 0.801. The summed E-state index contributed by atoms with van der Waals surface area (Å²) in [5.74, 6) is 0.0479. The van der Waals surface area contributed by atoms with Crippen LogP contribution in [0.3, 0.4) is 0 Å². The number of halogens is 1.